The summed E-state index contributed by atoms with van der Waals surface area (Å²) in [5.74, 6) is 0. The van der Waals surface area contributed by atoms with Crippen molar-refractivity contribution in [1.82, 2.24) is 4.98 Å². The molecule has 0 N–H and O–H groups in total. The van der Waals surface area contributed by atoms with Crippen LogP contribution in [0.4, 0.5) is 0 Å². The molecule has 0 bridgehead atoms. The molecule has 0 radical (unpaired) electrons. The lowest BCUT2D eigenvalue weighted by atomic mass is 10.2. The molecule has 1 aliphatic rings. The SMILES string of the molecule is Cc1ccc2cc(S(=O)(=O)C3CCOCC3)ccc2n1. The van der Waals surface area contributed by atoms with Gasteiger partial charge in [-0.05, 0) is 44.0 Å². The molecule has 4 nitrogen and oxygen atoms in total. The van der Waals surface area contributed by atoms with E-state index in [0.717, 1.165) is 16.6 Å². The van der Waals surface area contributed by atoms with Crippen LogP contribution in [0, 0.1) is 6.92 Å². The van der Waals surface area contributed by atoms with Crippen molar-refractivity contribution < 1.29 is 13.2 Å². The molecule has 1 fully saturated rings. The molecule has 1 aliphatic heterocycles. The number of sulfone groups is 1. The number of benzene rings is 1. The van der Waals surface area contributed by atoms with E-state index in [1.54, 1.807) is 18.2 Å². The molecule has 1 saturated heterocycles. The van der Waals surface area contributed by atoms with Gasteiger partial charge in [-0.15, -0.1) is 0 Å². The number of pyridine rings is 1. The highest BCUT2D eigenvalue weighted by atomic mass is 32.2. The standard InChI is InChI=1S/C15H17NO3S/c1-11-2-3-12-10-14(4-5-15(12)16-11)20(17,18)13-6-8-19-9-7-13/h2-5,10,13H,6-9H2,1H3. The number of rotatable bonds is 2. The van der Waals surface area contributed by atoms with Gasteiger partial charge in [0.25, 0.3) is 0 Å². The molecule has 2 aromatic rings. The Labute approximate surface area is 118 Å². The lowest BCUT2D eigenvalue weighted by Crippen LogP contribution is -2.28. The zero-order valence-electron chi connectivity index (χ0n) is 11.4. The molecule has 20 heavy (non-hydrogen) atoms. The largest absolute Gasteiger partial charge is 0.381 e. The fraction of sp³-hybridized carbons (Fsp3) is 0.400. The summed E-state index contributed by atoms with van der Waals surface area (Å²) in [4.78, 5) is 4.79. The number of fused-ring (bicyclic) bond motifs is 1. The minimum absolute atomic E-state index is 0.327. The van der Waals surface area contributed by atoms with Crippen molar-refractivity contribution in [2.75, 3.05) is 13.2 Å². The third-order valence-corrected chi connectivity index (χ3v) is 6.00. The molecule has 0 saturated carbocycles. The Morgan fingerprint density at radius 2 is 1.90 bits per heavy atom. The monoisotopic (exact) mass is 291 g/mol. The van der Waals surface area contributed by atoms with Crippen molar-refractivity contribution in [2.45, 2.75) is 29.9 Å². The van der Waals surface area contributed by atoms with Crippen LogP contribution >= 0.6 is 0 Å². The van der Waals surface area contributed by atoms with Crippen molar-refractivity contribution in [2.24, 2.45) is 0 Å². The maximum atomic E-state index is 12.6. The number of ether oxygens (including phenoxy) is 1. The van der Waals surface area contributed by atoms with E-state index in [-0.39, 0.29) is 5.25 Å². The molecular weight excluding hydrogens is 274 g/mol. The third kappa shape index (κ3) is 2.43. The molecule has 0 spiro atoms. The van der Waals surface area contributed by atoms with Crippen LogP contribution in [-0.2, 0) is 14.6 Å². The molecule has 0 amide bonds. The highest BCUT2D eigenvalue weighted by molar-refractivity contribution is 7.92. The van der Waals surface area contributed by atoms with Crippen LogP contribution in [0.5, 0.6) is 0 Å². The highest BCUT2D eigenvalue weighted by Gasteiger charge is 2.29. The Balaban J connectivity index is 2.02. The molecule has 5 heteroatoms. The zero-order chi connectivity index (χ0) is 14.2. The van der Waals surface area contributed by atoms with E-state index in [1.165, 1.54) is 0 Å². The summed E-state index contributed by atoms with van der Waals surface area (Å²) in [6, 6.07) is 8.99. The predicted octanol–water partition coefficient (Wildman–Crippen LogP) is 2.50. The molecule has 1 aromatic heterocycles. The molecule has 106 valence electrons. The summed E-state index contributed by atoms with van der Waals surface area (Å²) in [5, 5.41) is 0.538. The van der Waals surface area contributed by atoms with Crippen molar-refractivity contribution in [3.05, 3.63) is 36.0 Å². The Kier molecular flexibility index (Phi) is 3.48. The van der Waals surface area contributed by atoms with Gasteiger partial charge in [-0.3, -0.25) is 4.98 Å². The first-order chi connectivity index (χ1) is 9.57. The summed E-state index contributed by atoms with van der Waals surface area (Å²) >= 11 is 0. The Hall–Kier alpha value is -1.46. The highest BCUT2D eigenvalue weighted by Crippen LogP contribution is 2.26. The van der Waals surface area contributed by atoms with E-state index in [9.17, 15) is 8.42 Å². The van der Waals surface area contributed by atoms with Crippen LogP contribution in [0.2, 0.25) is 0 Å². The van der Waals surface area contributed by atoms with Gasteiger partial charge in [-0.2, -0.15) is 0 Å². The van der Waals surface area contributed by atoms with Gasteiger partial charge in [0.15, 0.2) is 9.84 Å². The van der Waals surface area contributed by atoms with Crippen LogP contribution in [0.3, 0.4) is 0 Å². The predicted molar refractivity (Wildman–Crippen MR) is 77.5 cm³/mol. The first-order valence-electron chi connectivity index (χ1n) is 6.76. The van der Waals surface area contributed by atoms with Crippen molar-refractivity contribution in [1.29, 1.82) is 0 Å². The Morgan fingerprint density at radius 3 is 2.65 bits per heavy atom. The van der Waals surface area contributed by atoms with Crippen LogP contribution in [0.25, 0.3) is 10.9 Å². The number of nitrogens with zero attached hydrogens (tertiary/aromatic N) is 1. The molecule has 0 atom stereocenters. The van der Waals surface area contributed by atoms with Gasteiger partial charge in [0, 0.05) is 24.3 Å². The number of hydrogen-bond acceptors (Lipinski definition) is 4. The fourth-order valence-electron chi connectivity index (χ4n) is 2.56. The second-order valence-corrected chi connectivity index (χ2v) is 7.39. The van der Waals surface area contributed by atoms with Gasteiger partial charge >= 0.3 is 0 Å². The molecule has 0 unspecified atom stereocenters. The van der Waals surface area contributed by atoms with Gasteiger partial charge < -0.3 is 4.74 Å². The molecule has 1 aromatic carbocycles. The number of aryl methyl sites for hydroxylation is 1. The van der Waals surface area contributed by atoms with Crippen LogP contribution in [0.1, 0.15) is 18.5 Å². The molecule has 3 rings (SSSR count). The normalized spacial score (nSPS) is 17.4. The second kappa shape index (κ2) is 5.14. The minimum atomic E-state index is -3.27. The number of hydrogen-bond donors (Lipinski definition) is 0. The lowest BCUT2D eigenvalue weighted by molar-refractivity contribution is 0.0983. The fourth-order valence-corrected chi connectivity index (χ4v) is 4.31. The van der Waals surface area contributed by atoms with Crippen molar-refractivity contribution in [3.63, 3.8) is 0 Å². The van der Waals surface area contributed by atoms with Gasteiger partial charge in [0.2, 0.25) is 0 Å². The van der Waals surface area contributed by atoms with E-state index >= 15 is 0 Å². The zero-order valence-corrected chi connectivity index (χ0v) is 12.2. The van der Waals surface area contributed by atoms with E-state index in [1.807, 2.05) is 19.1 Å². The average molecular weight is 291 g/mol. The first-order valence-corrected chi connectivity index (χ1v) is 8.31. The van der Waals surface area contributed by atoms with Gasteiger partial charge in [0.1, 0.15) is 0 Å². The van der Waals surface area contributed by atoms with Gasteiger partial charge in [0.05, 0.1) is 15.7 Å². The molecule has 0 aliphatic carbocycles. The average Bonchev–Trinajstić information content (AvgIpc) is 2.47. The maximum Gasteiger partial charge on any atom is 0.181 e. The second-order valence-electron chi connectivity index (χ2n) is 5.16. The third-order valence-electron chi connectivity index (χ3n) is 3.74. The first kappa shape index (κ1) is 13.5. The lowest BCUT2D eigenvalue weighted by Gasteiger charge is -2.22. The Bertz CT molecular complexity index is 734. The molecular formula is C15H17NO3S. The minimum Gasteiger partial charge on any atom is -0.381 e. The maximum absolute atomic E-state index is 12.6. The molecule has 2 heterocycles. The Morgan fingerprint density at radius 1 is 1.15 bits per heavy atom. The van der Waals surface area contributed by atoms with Gasteiger partial charge in [-0.25, -0.2) is 8.42 Å². The quantitative estimate of drug-likeness (QED) is 0.853. The number of aromatic nitrogens is 1. The smallest absolute Gasteiger partial charge is 0.181 e. The van der Waals surface area contributed by atoms with Crippen LogP contribution in [0.15, 0.2) is 35.2 Å². The van der Waals surface area contributed by atoms with Crippen LogP contribution in [-0.4, -0.2) is 31.9 Å². The van der Waals surface area contributed by atoms with Crippen LogP contribution < -0.4 is 0 Å². The van der Waals surface area contributed by atoms with E-state index < -0.39 is 9.84 Å². The summed E-state index contributed by atoms with van der Waals surface area (Å²) in [6.45, 7) is 2.97. The summed E-state index contributed by atoms with van der Waals surface area (Å²) in [7, 11) is -3.27. The van der Waals surface area contributed by atoms with E-state index in [2.05, 4.69) is 4.98 Å². The van der Waals surface area contributed by atoms with E-state index in [4.69, 9.17) is 4.74 Å². The van der Waals surface area contributed by atoms with E-state index in [0.29, 0.717) is 31.0 Å². The summed E-state index contributed by atoms with van der Waals surface area (Å²) < 4.78 is 30.5. The topological polar surface area (TPSA) is 56.3 Å². The van der Waals surface area contributed by atoms with Crippen molar-refractivity contribution in [3.8, 4) is 0 Å². The van der Waals surface area contributed by atoms with Crippen molar-refractivity contribution >= 4 is 20.7 Å². The summed E-state index contributed by atoms with van der Waals surface area (Å²) in [6.07, 6.45) is 1.15. The summed E-state index contributed by atoms with van der Waals surface area (Å²) in [5.41, 5.74) is 1.76. The van der Waals surface area contributed by atoms with Gasteiger partial charge in [-0.1, -0.05) is 6.07 Å².